The van der Waals surface area contributed by atoms with E-state index in [-0.39, 0.29) is 11.7 Å². The number of ether oxygens (including phenoxy) is 1. The van der Waals surface area contributed by atoms with Gasteiger partial charge in [0, 0.05) is 36.5 Å². The molecule has 1 amide bonds. The number of carbonyl (C=O) groups is 1. The number of H-pyrrole nitrogens is 1. The molecule has 126 valence electrons. The van der Waals surface area contributed by atoms with Crippen molar-refractivity contribution in [1.29, 1.82) is 0 Å². The third-order valence-electron chi connectivity index (χ3n) is 3.17. The highest BCUT2D eigenvalue weighted by atomic mass is 35.5. The molecule has 0 saturated carbocycles. The van der Waals surface area contributed by atoms with Crippen molar-refractivity contribution in [1.82, 2.24) is 15.0 Å². The molecule has 3 rings (SSSR count). The molecule has 9 heteroatoms. The van der Waals surface area contributed by atoms with Gasteiger partial charge in [0.05, 0.1) is 12.1 Å². The van der Waals surface area contributed by atoms with Crippen LogP contribution >= 0.6 is 11.6 Å². The minimum Gasteiger partial charge on any atom is -0.494 e. The van der Waals surface area contributed by atoms with E-state index < -0.39 is 0 Å². The number of aromatic amines is 1. The molecule has 0 saturated heterocycles. The van der Waals surface area contributed by atoms with E-state index in [2.05, 4.69) is 30.5 Å². The second-order valence-corrected chi connectivity index (χ2v) is 5.21. The van der Waals surface area contributed by atoms with Crippen LogP contribution in [0.1, 0.15) is 10.6 Å². The van der Waals surface area contributed by atoms with Gasteiger partial charge in [-0.05, 0) is 18.2 Å². The third kappa shape index (κ3) is 3.99. The van der Waals surface area contributed by atoms with Crippen molar-refractivity contribution < 1.29 is 9.53 Å². The molecule has 0 bridgehead atoms. The normalized spacial score (nSPS) is 10.8. The highest BCUT2D eigenvalue weighted by Gasteiger charge is 2.10. The lowest BCUT2D eigenvalue weighted by Gasteiger charge is -2.08. The van der Waals surface area contributed by atoms with Crippen LogP contribution in [0.4, 0.5) is 17.1 Å². The minimum atomic E-state index is -0.356. The van der Waals surface area contributed by atoms with Gasteiger partial charge in [0.25, 0.3) is 5.91 Å². The van der Waals surface area contributed by atoms with Crippen molar-refractivity contribution in [2.45, 2.75) is 0 Å². The van der Waals surface area contributed by atoms with Crippen LogP contribution in [-0.4, -0.2) is 28.0 Å². The first-order chi connectivity index (χ1) is 12.2. The number of nitrogens with one attached hydrogen (secondary N) is 2. The molecule has 0 radical (unpaired) electrons. The second kappa shape index (κ2) is 7.54. The van der Waals surface area contributed by atoms with Crippen molar-refractivity contribution in [3.63, 3.8) is 0 Å². The fraction of sp³-hybridized carbons (Fsp3) is 0.0625. The van der Waals surface area contributed by atoms with Crippen molar-refractivity contribution in [3.8, 4) is 5.75 Å². The lowest BCUT2D eigenvalue weighted by Crippen LogP contribution is -2.13. The van der Waals surface area contributed by atoms with E-state index in [0.29, 0.717) is 27.8 Å². The van der Waals surface area contributed by atoms with E-state index in [4.69, 9.17) is 16.3 Å². The molecule has 2 aromatic heterocycles. The zero-order chi connectivity index (χ0) is 17.6. The number of imidazole rings is 1. The molecule has 2 heterocycles. The van der Waals surface area contributed by atoms with Crippen LogP contribution in [0, 0.1) is 0 Å². The van der Waals surface area contributed by atoms with Crippen LogP contribution in [0.15, 0.2) is 59.3 Å². The Morgan fingerprint density at radius 1 is 1.24 bits per heavy atom. The predicted molar refractivity (Wildman–Crippen MR) is 93.0 cm³/mol. The Labute approximate surface area is 147 Å². The molecular formula is C16H13ClN6O2. The first-order valence-electron chi connectivity index (χ1n) is 7.17. The lowest BCUT2D eigenvalue weighted by atomic mass is 10.2. The average Bonchev–Trinajstić information content (AvgIpc) is 3.16. The summed E-state index contributed by atoms with van der Waals surface area (Å²) < 4.78 is 5.30. The summed E-state index contributed by atoms with van der Waals surface area (Å²) in [4.78, 5) is 22.5. The fourth-order valence-electron chi connectivity index (χ4n) is 1.97. The van der Waals surface area contributed by atoms with Crippen molar-refractivity contribution >= 4 is 34.6 Å². The van der Waals surface area contributed by atoms with Crippen LogP contribution in [0.25, 0.3) is 0 Å². The maximum Gasteiger partial charge on any atom is 0.291 e. The summed E-state index contributed by atoms with van der Waals surface area (Å²) in [6.45, 7) is 0. The lowest BCUT2D eigenvalue weighted by molar-refractivity contribution is 0.101. The number of hydrogen-bond donors (Lipinski definition) is 2. The summed E-state index contributed by atoms with van der Waals surface area (Å²) in [5, 5.41) is 11.3. The Morgan fingerprint density at radius 2 is 2.08 bits per heavy atom. The molecule has 0 spiro atoms. The van der Waals surface area contributed by atoms with E-state index in [1.165, 1.54) is 19.5 Å². The van der Waals surface area contributed by atoms with Gasteiger partial charge < -0.3 is 15.0 Å². The highest BCUT2D eigenvalue weighted by Crippen LogP contribution is 2.33. The SMILES string of the molecule is COc1cc(NC(=O)c2ncc[nH]2)ccc1/N=N/c1ccncc1Cl. The van der Waals surface area contributed by atoms with Gasteiger partial charge in [-0.1, -0.05) is 11.6 Å². The number of methoxy groups -OCH3 is 1. The van der Waals surface area contributed by atoms with Gasteiger partial charge in [-0.3, -0.25) is 9.78 Å². The Bertz CT molecular complexity index is 911. The molecule has 0 aliphatic heterocycles. The Kier molecular flexibility index (Phi) is 5.00. The van der Waals surface area contributed by atoms with Crippen molar-refractivity contribution in [2.24, 2.45) is 10.2 Å². The number of pyridine rings is 1. The molecular weight excluding hydrogens is 344 g/mol. The van der Waals surface area contributed by atoms with Crippen LogP contribution in [0.3, 0.4) is 0 Å². The summed E-state index contributed by atoms with van der Waals surface area (Å²) in [6.07, 6.45) is 6.14. The monoisotopic (exact) mass is 356 g/mol. The topological polar surface area (TPSA) is 105 Å². The maximum atomic E-state index is 12.0. The van der Waals surface area contributed by atoms with Gasteiger partial charge in [-0.15, -0.1) is 10.2 Å². The van der Waals surface area contributed by atoms with Gasteiger partial charge in [-0.2, -0.15) is 0 Å². The number of carbonyl (C=O) groups excluding carboxylic acids is 1. The molecule has 8 nitrogen and oxygen atoms in total. The highest BCUT2D eigenvalue weighted by molar-refractivity contribution is 6.32. The van der Waals surface area contributed by atoms with Crippen LogP contribution < -0.4 is 10.1 Å². The predicted octanol–water partition coefficient (Wildman–Crippen LogP) is 4.13. The van der Waals surface area contributed by atoms with E-state index in [9.17, 15) is 4.79 Å². The zero-order valence-electron chi connectivity index (χ0n) is 13.1. The molecule has 0 atom stereocenters. The number of hydrogen-bond acceptors (Lipinski definition) is 6. The molecule has 0 unspecified atom stereocenters. The molecule has 25 heavy (non-hydrogen) atoms. The van der Waals surface area contributed by atoms with Gasteiger partial charge in [0.15, 0.2) is 5.82 Å². The molecule has 1 aromatic carbocycles. The first-order valence-corrected chi connectivity index (χ1v) is 7.55. The number of halogens is 1. The molecule has 0 fully saturated rings. The smallest absolute Gasteiger partial charge is 0.291 e. The summed E-state index contributed by atoms with van der Waals surface area (Å²) >= 11 is 5.99. The number of anilines is 1. The number of amides is 1. The van der Waals surface area contributed by atoms with E-state index in [0.717, 1.165) is 0 Å². The molecule has 3 aromatic rings. The Hall–Kier alpha value is -3.26. The fourth-order valence-corrected chi connectivity index (χ4v) is 2.13. The second-order valence-electron chi connectivity index (χ2n) is 4.81. The standard InChI is InChI=1S/C16H13ClN6O2/c1-25-14-8-10(21-16(24)15-19-6-7-20-15)2-3-13(14)23-22-12-4-5-18-9-11(12)17/h2-9H,1H3,(H,19,20)(H,21,24)/b23-22+. The van der Waals surface area contributed by atoms with E-state index >= 15 is 0 Å². The van der Waals surface area contributed by atoms with E-state index in [1.807, 2.05) is 0 Å². The first kappa shape index (κ1) is 16.6. The zero-order valence-corrected chi connectivity index (χ0v) is 13.9. The number of aromatic nitrogens is 3. The van der Waals surface area contributed by atoms with Crippen molar-refractivity contribution in [3.05, 3.63) is 59.9 Å². The maximum absolute atomic E-state index is 12.0. The van der Waals surface area contributed by atoms with Crippen LogP contribution in [0.5, 0.6) is 5.75 Å². The molecule has 0 aliphatic carbocycles. The van der Waals surface area contributed by atoms with E-state index in [1.54, 1.807) is 36.7 Å². The Morgan fingerprint density at radius 3 is 2.80 bits per heavy atom. The molecule has 0 aliphatic rings. The van der Waals surface area contributed by atoms with Crippen molar-refractivity contribution in [2.75, 3.05) is 12.4 Å². The number of nitrogens with zero attached hydrogens (tertiary/aromatic N) is 4. The largest absolute Gasteiger partial charge is 0.494 e. The van der Waals surface area contributed by atoms with Crippen LogP contribution in [-0.2, 0) is 0 Å². The number of rotatable bonds is 5. The van der Waals surface area contributed by atoms with Gasteiger partial charge in [0.2, 0.25) is 0 Å². The van der Waals surface area contributed by atoms with Gasteiger partial charge in [-0.25, -0.2) is 4.98 Å². The third-order valence-corrected chi connectivity index (χ3v) is 3.46. The number of benzene rings is 1. The summed E-state index contributed by atoms with van der Waals surface area (Å²) in [5.74, 6) is 0.311. The van der Waals surface area contributed by atoms with Gasteiger partial charge >= 0.3 is 0 Å². The van der Waals surface area contributed by atoms with Crippen LogP contribution in [0.2, 0.25) is 5.02 Å². The Balaban J connectivity index is 1.80. The minimum absolute atomic E-state index is 0.218. The summed E-state index contributed by atoms with van der Waals surface area (Å²) in [5.41, 5.74) is 1.53. The average molecular weight is 357 g/mol. The summed E-state index contributed by atoms with van der Waals surface area (Å²) in [6, 6.07) is 6.65. The quantitative estimate of drug-likeness (QED) is 0.670. The molecule has 2 N–H and O–H groups in total. The summed E-state index contributed by atoms with van der Waals surface area (Å²) in [7, 11) is 1.51. The van der Waals surface area contributed by atoms with Gasteiger partial charge in [0.1, 0.15) is 17.1 Å². The number of azo groups is 1.